The maximum absolute atomic E-state index is 12.5. The summed E-state index contributed by atoms with van der Waals surface area (Å²) in [6.07, 6.45) is 5.85. The Morgan fingerprint density at radius 2 is 1.95 bits per heavy atom. The van der Waals surface area contributed by atoms with E-state index in [2.05, 4.69) is 12.2 Å². The van der Waals surface area contributed by atoms with Gasteiger partial charge in [-0.2, -0.15) is 4.31 Å². The Hall–Kier alpha value is -0.660. The van der Waals surface area contributed by atoms with Gasteiger partial charge in [-0.25, -0.2) is 8.42 Å². The zero-order valence-electron chi connectivity index (χ0n) is 12.8. The molecule has 0 radical (unpaired) electrons. The van der Waals surface area contributed by atoms with Gasteiger partial charge in [0.15, 0.2) is 0 Å². The summed E-state index contributed by atoms with van der Waals surface area (Å²) in [4.78, 5) is 12.5. The van der Waals surface area contributed by atoms with E-state index in [1.165, 1.54) is 4.31 Å². The fourth-order valence-electron chi connectivity index (χ4n) is 3.38. The van der Waals surface area contributed by atoms with Crippen molar-refractivity contribution in [2.24, 2.45) is 5.92 Å². The second kappa shape index (κ2) is 6.22. The van der Waals surface area contributed by atoms with Gasteiger partial charge in [0.25, 0.3) is 0 Å². The van der Waals surface area contributed by atoms with E-state index in [0.717, 1.165) is 31.9 Å². The van der Waals surface area contributed by atoms with E-state index >= 15 is 0 Å². The first-order valence-electron chi connectivity index (χ1n) is 7.67. The Morgan fingerprint density at radius 1 is 1.33 bits per heavy atom. The van der Waals surface area contributed by atoms with E-state index in [9.17, 15) is 18.3 Å². The SMILES string of the molecule is CC1CCC(CO)(NC(=O)C2CCCN2S(C)(=O)=O)CC1. The molecule has 1 unspecified atom stereocenters. The number of carbonyl (C=O) groups is 1. The number of aliphatic hydroxyl groups excluding tert-OH is 1. The van der Waals surface area contributed by atoms with Crippen molar-refractivity contribution in [1.29, 1.82) is 0 Å². The van der Waals surface area contributed by atoms with Gasteiger partial charge in [0.2, 0.25) is 15.9 Å². The predicted octanol–water partition coefficient (Wildman–Crippen LogP) is 0.468. The van der Waals surface area contributed by atoms with Crippen molar-refractivity contribution in [2.45, 2.75) is 57.0 Å². The van der Waals surface area contributed by atoms with Gasteiger partial charge < -0.3 is 10.4 Å². The van der Waals surface area contributed by atoms with Gasteiger partial charge in [-0.1, -0.05) is 6.92 Å². The molecule has 122 valence electrons. The first-order chi connectivity index (χ1) is 9.77. The summed E-state index contributed by atoms with van der Waals surface area (Å²) >= 11 is 0. The molecule has 1 heterocycles. The highest BCUT2D eigenvalue weighted by Gasteiger charge is 2.41. The predicted molar refractivity (Wildman–Crippen MR) is 80.2 cm³/mol. The first kappa shape index (κ1) is 16.7. The lowest BCUT2D eigenvalue weighted by Crippen LogP contribution is -2.57. The van der Waals surface area contributed by atoms with Crippen molar-refractivity contribution in [3.05, 3.63) is 0 Å². The number of sulfonamides is 1. The molecule has 2 N–H and O–H groups in total. The molecular weight excluding hydrogens is 292 g/mol. The normalized spacial score (nSPS) is 34.8. The number of aliphatic hydroxyl groups is 1. The van der Waals surface area contributed by atoms with Crippen molar-refractivity contribution in [3.63, 3.8) is 0 Å². The summed E-state index contributed by atoms with van der Waals surface area (Å²) in [5, 5.41) is 12.7. The largest absolute Gasteiger partial charge is 0.394 e. The average Bonchev–Trinajstić information content (AvgIpc) is 2.91. The smallest absolute Gasteiger partial charge is 0.238 e. The minimum Gasteiger partial charge on any atom is -0.394 e. The Balaban J connectivity index is 2.06. The molecule has 0 aromatic heterocycles. The van der Waals surface area contributed by atoms with Crippen molar-refractivity contribution >= 4 is 15.9 Å². The fourth-order valence-corrected chi connectivity index (χ4v) is 4.51. The number of hydrogen-bond acceptors (Lipinski definition) is 4. The number of nitrogens with zero attached hydrogens (tertiary/aromatic N) is 1. The molecule has 2 fully saturated rings. The molecule has 0 aromatic rings. The van der Waals surface area contributed by atoms with Crippen molar-refractivity contribution in [3.8, 4) is 0 Å². The molecule has 1 amide bonds. The third kappa shape index (κ3) is 3.76. The van der Waals surface area contributed by atoms with E-state index in [-0.39, 0.29) is 12.5 Å². The minimum atomic E-state index is -3.36. The Labute approximate surface area is 126 Å². The summed E-state index contributed by atoms with van der Waals surface area (Å²) in [7, 11) is -3.36. The molecule has 1 aliphatic carbocycles. The van der Waals surface area contributed by atoms with Crippen LogP contribution in [0.5, 0.6) is 0 Å². The van der Waals surface area contributed by atoms with E-state index in [0.29, 0.717) is 25.3 Å². The minimum absolute atomic E-state index is 0.0863. The quantitative estimate of drug-likeness (QED) is 0.789. The van der Waals surface area contributed by atoms with Crippen LogP contribution in [-0.2, 0) is 14.8 Å². The lowest BCUT2D eigenvalue weighted by atomic mass is 9.77. The van der Waals surface area contributed by atoms with E-state index < -0.39 is 21.6 Å². The van der Waals surface area contributed by atoms with Gasteiger partial charge in [0.05, 0.1) is 18.4 Å². The number of rotatable bonds is 4. The number of hydrogen-bond donors (Lipinski definition) is 2. The summed E-state index contributed by atoms with van der Waals surface area (Å²) in [5.74, 6) is 0.349. The Kier molecular flexibility index (Phi) is 4.95. The van der Waals surface area contributed by atoms with Gasteiger partial charge in [0.1, 0.15) is 6.04 Å². The molecule has 2 rings (SSSR count). The summed E-state index contributed by atoms with van der Waals surface area (Å²) in [6, 6.07) is -0.622. The number of amides is 1. The lowest BCUT2D eigenvalue weighted by Gasteiger charge is -2.39. The summed E-state index contributed by atoms with van der Waals surface area (Å²) in [5.41, 5.74) is -0.574. The van der Waals surface area contributed by atoms with Crippen molar-refractivity contribution < 1.29 is 18.3 Å². The van der Waals surface area contributed by atoms with Crippen LogP contribution in [0.4, 0.5) is 0 Å². The van der Waals surface area contributed by atoms with Crippen LogP contribution in [0.1, 0.15) is 45.4 Å². The fraction of sp³-hybridized carbons (Fsp3) is 0.929. The van der Waals surface area contributed by atoms with Crippen LogP contribution in [0, 0.1) is 5.92 Å². The third-order valence-electron chi connectivity index (χ3n) is 4.85. The summed E-state index contributed by atoms with van der Waals surface area (Å²) < 4.78 is 24.7. The molecule has 0 bridgehead atoms. The molecule has 1 atom stereocenters. The first-order valence-corrected chi connectivity index (χ1v) is 9.52. The van der Waals surface area contributed by atoms with Crippen LogP contribution in [0.15, 0.2) is 0 Å². The van der Waals surface area contributed by atoms with Gasteiger partial charge in [-0.3, -0.25) is 4.79 Å². The van der Waals surface area contributed by atoms with E-state index in [1.54, 1.807) is 0 Å². The van der Waals surface area contributed by atoms with Crippen molar-refractivity contribution in [1.82, 2.24) is 9.62 Å². The number of carbonyl (C=O) groups excluding carboxylic acids is 1. The molecule has 7 heteroatoms. The molecule has 1 saturated carbocycles. The third-order valence-corrected chi connectivity index (χ3v) is 6.14. The molecule has 21 heavy (non-hydrogen) atoms. The van der Waals surface area contributed by atoms with Gasteiger partial charge in [-0.05, 0) is 44.4 Å². The van der Waals surface area contributed by atoms with Crippen molar-refractivity contribution in [2.75, 3.05) is 19.4 Å². The van der Waals surface area contributed by atoms with Crippen LogP contribution >= 0.6 is 0 Å². The van der Waals surface area contributed by atoms with Crippen LogP contribution in [0.2, 0.25) is 0 Å². The van der Waals surface area contributed by atoms with E-state index in [1.807, 2.05) is 0 Å². The molecular formula is C14H26N2O4S. The molecule has 0 aromatic carbocycles. The van der Waals surface area contributed by atoms with Crippen LogP contribution in [-0.4, -0.2) is 54.7 Å². The Bertz CT molecular complexity index is 483. The molecule has 0 spiro atoms. The number of nitrogens with one attached hydrogen (secondary N) is 1. The van der Waals surface area contributed by atoms with Gasteiger partial charge in [-0.15, -0.1) is 0 Å². The molecule has 1 saturated heterocycles. The maximum Gasteiger partial charge on any atom is 0.238 e. The summed E-state index contributed by atoms with van der Waals surface area (Å²) in [6.45, 7) is 2.49. The van der Waals surface area contributed by atoms with Crippen LogP contribution < -0.4 is 5.32 Å². The second-order valence-corrected chi connectivity index (χ2v) is 8.58. The topological polar surface area (TPSA) is 86.7 Å². The molecule has 2 aliphatic rings. The second-order valence-electron chi connectivity index (χ2n) is 6.64. The zero-order chi connectivity index (χ0) is 15.7. The standard InChI is InChI=1S/C14H26N2O4S/c1-11-5-7-14(10-17,8-6-11)15-13(18)12-4-3-9-16(12)21(2,19)20/h11-12,17H,3-10H2,1-2H3,(H,15,18). The van der Waals surface area contributed by atoms with Crippen LogP contribution in [0.25, 0.3) is 0 Å². The highest BCUT2D eigenvalue weighted by atomic mass is 32.2. The Morgan fingerprint density at radius 3 is 2.48 bits per heavy atom. The van der Waals surface area contributed by atoms with E-state index in [4.69, 9.17) is 0 Å². The highest BCUT2D eigenvalue weighted by Crippen LogP contribution is 2.32. The molecule has 6 nitrogen and oxygen atoms in total. The highest BCUT2D eigenvalue weighted by molar-refractivity contribution is 7.88. The zero-order valence-corrected chi connectivity index (χ0v) is 13.7. The van der Waals surface area contributed by atoms with Gasteiger partial charge >= 0.3 is 0 Å². The monoisotopic (exact) mass is 318 g/mol. The van der Waals surface area contributed by atoms with Gasteiger partial charge in [0, 0.05) is 6.54 Å². The maximum atomic E-state index is 12.5. The van der Waals surface area contributed by atoms with Crippen LogP contribution in [0.3, 0.4) is 0 Å². The average molecular weight is 318 g/mol. The molecule has 1 aliphatic heterocycles. The lowest BCUT2D eigenvalue weighted by molar-refractivity contribution is -0.127.